The number of hydrogen-bond acceptors (Lipinski definition) is 6. The third kappa shape index (κ3) is 2.54. The van der Waals surface area contributed by atoms with Crippen LogP contribution in [0.15, 0.2) is 40.6 Å². The second kappa shape index (κ2) is 5.43. The number of nitrogen functional groups attached to an aromatic ring is 1. The fourth-order valence-corrected chi connectivity index (χ4v) is 2.70. The summed E-state index contributed by atoms with van der Waals surface area (Å²) in [6.07, 6.45) is 1.28. The van der Waals surface area contributed by atoms with Crippen molar-refractivity contribution < 1.29 is 4.79 Å². The minimum Gasteiger partial charge on any atom is -0.299 e. The fourth-order valence-electron chi connectivity index (χ4n) is 1.99. The van der Waals surface area contributed by atoms with Crippen molar-refractivity contribution in [2.75, 3.05) is 0 Å². The lowest BCUT2D eigenvalue weighted by atomic mass is 10.3. The number of carbonyl (C=O) groups excluding carboxylic acids is 1. The maximum absolute atomic E-state index is 12.0. The SMILES string of the molecule is NNC(=O)c1nc(Cn2c(=O)cnc3ccccc32)cs1. The number of hydrogen-bond donors (Lipinski definition) is 2. The van der Waals surface area contributed by atoms with Crippen LogP contribution in [0, 0.1) is 0 Å². The minimum atomic E-state index is -0.446. The van der Waals surface area contributed by atoms with Crippen molar-refractivity contribution >= 4 is 28.3 Å². The number of aromatic nitrogens is 3. The van der Waals surface area contributed by atoms with Crippen LogP contribution in [0.25, 0.3) is 11.0 Å². The van der Waals surface area contributed by atoms with Crippen LogP contribution in [0.1, 0.15) is 15.5 Å². The molecule has 1 aromatic carbocycles. The Hall–Kier alpha value is -2.58. The number of carbonyl (C=O) groups is 1. The van der Waals surface area contributed by atoms with E-state index < -0.39 is 5.91 Å². The van der Waals surface area contributed by atoms with E-state index in [1.165, 1.54) is 17.5 Å². The van der Waals surface area contributed by atoms with Gasteiger partial charge in [-0.3, -0.25) is 19.6 Å². The maximum Gasteiger partial charge on any atom is 0.294 e. The number of fused-ring (bicyclic) bond motifs is 1. The molecule has 3 aromatic rings. The highest BCUT2D eigenvalue weighted by atomic mass is 32.1. The molecule has 0 bridgehead atoms. The Bertz CT molecular complexity index is 870. The van der Waals surface area contributed by atoms with Crippen LogP contribution in [0.4, 0.5) is 0 Å². The Labute approximate surface area is 123 Å². The first kappa shape index (κ1) is 13.4. The van der Waals surface area contributed by atoms with Gasteiger partial charge >= 0.3 is 0 Å². The van der Waals surface area contributed by atoms with E-state index in [2.05, 4.69) is 9.97 Å². The van der Waals surface area contributed by atoms with E-state index in [0.717, 1.165) is 11.0 Å². The van der Waals surface area contributed by atoms with Crippen molar-refractivity contribution in [1.82, 2.24) is 20.0 Å². The average molecular weight is 301 g/mol. The van der Waals surface area contributed by atoms with Gasteiger partial charge < -0.3 is 0 Å². The van der Waals surface area contributed by atoms with E-state index in [4.69, 9.17) is 5.84 Å². The molecule has 106 valence electrons. The largest absolute Gasteiger partial charge is 0.299 e. The van der Waals surface area contributed by atoms with Crippen molar-refractivity contribution in [1.29, 1.82) is 0 Å². The maximum atomic E-state index is 12.0. The van der Waals surface area contributed by atoms with Gasteiger partial charge in [-0.1, -0.05) is 12.1 Å². The number of thiazole rings is 1. The van der Waals surface area contributed by atoms with E-state index in [-0.39, 0.29) is 17.1 Å². The van der Waals surface area contributed by atoms with Crippen molar-refractivity contribution in [2.45, 2.75) is 6.54 Å². The van der Waals surface area contributed by atoms with E-state index >= 15 is 0 Å². The summed E-state index contributed by atoms with van der Waals surface area (Å²) in [5, 5.41) is 1.99. The molecule has 2 aromatic heterocycles. The highest BCUT2D eigenvalue weighted by Gasteiger charge is 2.11. The third-order valence-corrected chi connectivity index (χ3v) is 3.84. The van der Waals surface area contributed by atoms with Crippen LogP contribution < -0.4 is 16.8 Å². The highest BCUT2D eigenvalue weighted by Crippen LogP contribution is 2.13. The zero-order chi connectivity index (χ0) is 14.8. The number of amides is 1. The Morgan fingerprint density at radius 3 is 3.00 bits per heavy atom. The van der Waals surface area contributed by atoms with Crippen molar-refractivity contribution in [3.05, 3.63) is 56.9 Å². The van der Waals surface area contributed by atoms with Gasteiger partial charge in [0.25, 0.3) is 11.5 Å². The lowest BCUT2D eigenvalue weighted by Gasteiger charge is -2.07. The number of para-hydroxylation sites is 2. The van der Waals surface area contributed by atoms with Crippen LogP contribution in [-0.2, 0) is 6.54 Å². The first-order valence-electron chi connectivity index (χ1n) is 6.09. The smallest absolute Gasteiger partial charge is 0.294 e. The molecule has 8 heteroatoms. The number of nitrogens with two attached hydrogens (primary N) is 1. The molecule has 3 N–H and O–H groups in total. The number of nitrogens with one attached hydrogen (secondary N) is 1. The van der Waals surface area contributed by atoms with E-state index in [9.17, 15) is 9.59 Å². The number of rotatable bonds is 3. The van der Waals surface area contributed by atoms with Crippen molar-refractivity contribution in [3.8, 4) is 0 Å². The van der Waals surface area contributed by atoms with Crippen molar-refractivity contribution in [3.63, 3.8) is 0 Å². The summed E-state index contributed by atoms with van der Waals surface area (Å²) in [5.74, 6) is 4.62. The molecule has 0 saturated heterocycles. The quantitative estimate of drug-likeness (QED) is 0.417. The lowest BCUT2D eigenvalue weighted by Crippen LogP contribution is -2.30. The molecule has 0 fully saturated rings. The Morgan fingerprint density at radius 2 is 2.19 bits per heavy atom. The van der Waals surface area contributed by atoms with Gasteiger partial charge in [0.1, 0.15) is 0 Å². The third-order valence-electron chi connectivity index (χ3n) is 2.95. The van der Waals surface area contributed by atoms with Gasteiger partial charge in [-0.25, -0.2) is 15.8 Å². The molecule has 0 aliphatic carbocycles. The van der Waals surface area contributed by atoms with E-state index in [0.29, 0.717) is 5.69 Å². The summed E-state index contributed by atoms with van der Waals surface area (Å²) in [7, 11) is 0. The zero-order valence-electron chi connectivity index (χ0n) is 10.8. The van der Waals surface area contributed by atoms with Crippen molar-refractivity contribution in [2.24, 2.45) is 5.84 Å². The summed E-state index contributed by atoms with van der Waals surface area (Å²) >= 11 is 1.18. The van der Waals surface area contributed by atoms with Gasteiger partial charge in [-0.15, -0.1) is 11.3 Å². The van der Waals surface area contributed by atoms with E-state index in [1.807, 2.05) is 29.7 Å². The Kier molecular flexibility index (Phi) is 3.46. The van der Waals surface area contributed by atoms with Gasteiger partial charge in [0, 0.05) is 5.38 Å². The minimum absolute atomic E-state index is 0.216. The van der Waals surface area contributed by atoms with Gasteiger partial charge in [0.2, 0.25) is 0 Å². The molecule has 0 aliphatic heterocycles. The standard InChI is InChI=1S/C13H11N5O2S/c14-17-12(20)13-16-8(7-21-13)6-18-10-4-2-1-3-9(10)15-5-11(18)19/h1-5,7H,6,14H2,(H,17,20). The lowest BCUT2D eigenvalue weighted by molar-refractivity contribution is 0.0953. The summed E-state index contributed by atoms with van der Waals surface area (Å²) in [5.41, 5.74) is 3.89. The molecular formula is C13H11N5O2S. The summed E-state index contributed by atoms with van der Waals surface area (Å²) < 4.78 is 1.57. The summed E-state index contributed by atoms with van der Waals surface area (Å²) in [6.45, 7) is 0.274. The average Bonchev–Trinajstić information content (AvgIpc) is 2.98. The zero-order valence-corrected chi connectivity index (χ0v) is 11.6. The van der Waals surface area contributed by atoms with Gasteiger partial charge in [0.15, 0.2) is 5.01 Å². The van der Waals surface area contributed by atoms with Crippen LogP contribution in [0.2, 0.25) is 0 Å². The normalized spacial score (nSPS) is 10.7. The number of nitrogens with zero attached hydrogens (tertiary/aromatic N) is 3. The molecule has 0 aliphatic rings. The molecule has 0 unspecified atom stereocenters. The molecule has 3 rings (SSSR count). The topological polar surface area (TPSA) is 103 Å². The predicted molar refractivity (Wildman–Crippen MR) is 78.9 cm³/mol. The highest BCUT2D eigenvalue weighted by molar-refractivity contribution is 7.11. The van der Waals surface area contributed by atoms with Gasteiger partial charge in [0.05, 0.1) is 29.5 Å². The monoisotopic (exact) mass is 301 g/mol. The molecule has 7 nitrogen and oxygen atoms in total. The molecule has 0 atom stereocenters. The molecule has 0 spiro atoms. The van der Waals surface area contributed by atoms with Crippen LogP contribution >= 0.6 is 11.3 Å². The van der Waals surface area contributed by atoms with Crippen LogP contribution in [0.5, 0.6) is 0 Å². The molecular weight excluding hydrogens is 290 g/mol. The first-order valence-corrected chi connectivity index (χ1v) is 6.97. The molecule has 1 amide bonds. The number of hydrazine groups is 1. The molecule has 0 radical (unpaired) electrons. The second-order valence-electron chi connectivity index (χ2n) is 4.29. The Balaban J connectivity index is 2.02. The van der Waals surface area contributed by atoms with E-state index in [1.54, 1.807) is 9.95 Å². The number of benzene rings is 1. The molecule has 2 heterocycles. The second-order valence-corrected chi connectivity index (χ2v) is 5.15. The van der Waals surface area contributed by atoms with Gasteiger partial charge in [-0.05, 0) is 12.1 Å². The van der Waals surface area contributed by atoms with Gasteiger partial charge in [-0.2, -0.15) is 0 Å². The summed E-state index contributed by atoms with van der Waals surface area (Å²) in [4.78, 5) is 31.7. The van der Waals surface area contributed by atoms with Crippen LogP contribution in [0.3, 0.4) is 0 Å². The summed E-state index contributed by atoms with van der Waals surface area (Å²) in [6, 6.07) is 7.36. The van der Waals surface area contributed by atoms with Crippen LogP contribution in [-0.4, -0.2) is 20.4 Å². The molecule has 0 saturated carbocycles. The fraction of sp³-hybridized carbons (Fsp3) is 0.0769. The Morgan fingerprint density at radius 1 is 1.38 bits per heavy atom. The predicted octanol–water partition coefficient (Wildman–Crippen LogP) is 0.505. The first-order chi connectivity index (χ1) is 10.2. The molecule has 21 heavy (non-hydrogen) atoms.